The van der Waals surface area contributed by atoms with Gasteiger partial charge in [0, 0.05) is 6.42 Å². The van der Waals surface area contributed by atoms with Crippen LogP contribution < -0.4 is 32.3 Å². The van der Waals surface area contributed by atoms with Gasteiger partial charge in [-0.3, -0.25) is 33.6 Å². The van der Waals surface area contributed by atoms with Crippen molar-refractivity contribution in [2.75, 3.05) is 6.61 Å². The molecule has 4 aromatic carbocycles. The van der Waals surface area contributed by atoms with Crippen LogP contribution in [0.15, 0.2) is 54.6 Å². The molecule has 0 saturated heterocycles. The molecule has 16 heteroatoms. The Balaban J connectivity index is 1.40. The Morgan fingerprint density at radius 3 is 1.73 bits per heavy atom. The lowest BCUT2D eigenvalue weighted by atomic mass is 9.90. The summed E-state index contributed by atoms with van der Waals surface area (Å²) < 4.78 is 0. The molecule has 0 spiro atoms. The van der Waals surface area contributed by atoms with Gasteiger partial charge in [-0.2, -0.15) is 0 Å². The van der Waals surface area contributed by atoms with E-state index in [4.69, 9.17) is 5.73 Å². The molecule has 0 bridgehead atoms. The topological polar surface area (TPSA) is 266 Å². The van der Waals surface area contributed by atoms with Gasteiger partial charge < -0.3 is 47.6 Å². The van der Waals surface area contributed by atoms with E-state index in [1.807, 2.05) is 19.9 Å². The highest BCUT2D eigenvalue weighted by Gasteiger charge is 2.35. The average molecular weight is 817 g/mol. The molecule has 0 aromatic heterocycles. The fourth-order valence-electron chi connectivity index (χ4n) is 7.18. The van der Waals surface area contributed by atoms with Crippen LogP contribution in [0.4, 0.5) is 0 Å². The first-order valence-electron chi connectivity index (χ1n) is 19.9. The first-order chi connectivity index (χ1) is 27.9. The number of aliphatic hydroxyl groups is 2. The highest BCUT2D eigenvalue weighted by Crippen LogP contribution is 2.36. The lowest BCUT2D eigenvalue weighted by molar-refractivity contribution is -0.142. The second-order valence-corrected chi connectivity index (χ2v) is 15.9. The van der Waals surface area contributed by atoms with E-state index < -0.39 is 90.8 Å². The van der Waals surface area contributed by atoms with Gasteiger partial charge in [-0.1, -0.05) is 82.3 Å². The van der Waals surface area contributed by atoms with Crippen LogP contribution >= 0.6 is 0 Å². The van der Waals surface area contributed by atoms with Crippen molar-refractivity contribution in [3.8, 4) is 0 Å². The summed E-state index contributed by atoms with van der Waals surface area (Å²) in [5.41, 5.74) is 6.46. The van der Waals surface area contributed by atoms with Gasteiger partial charge in [-0.25, -0.2) is 0 Å². The maximum atomic E-state index is 13.6. The van der Waals surface area contributed by atoms with E-state index >= 15 is 0 Å². The molecule has 0 heterocycles. The van der Waals surface area contributed by atoms with Crippen molar-refractivity contribution in [3.05, 3.63) is 60.2 Å². The summed E-state index contributed by atoms with van der Waals surface area (Å²) in [7, 11) is 0. The zero-order valence-electron chi connectivity index (χ0n) is 34.0. The van der Waals surface area contributed by atoms with Gasteiger partial charge in [0.15, 0.2) is 0 Å². The number of carboxylic acid groups (broad SMARTS) is 1. The van der Waals surface area contributed by atoms with Gasteiger partial charge >= 0.3 is 5.97 Å². The maximum Gasteiger partial charge on any atom is 0.305 e. The first-order valence-corrected chi connectivity index (χ1v) is 19.9. The minimum absolute atomic E-state index is 0.0387. The molecule has 318 valence electrons. The Morgan fingerprint density at radius 2 is 1.15 bits per heavy atom. The molecule has 6 atom stereocenters. The number of aliphatic carboxylic acids is 1. The standard InChI is InChI=1S/C43H56N6O10/c1-22(2)18-30(39(44)55)46-42(58)33(21-50)48-43(59)38(24(5)51)49-41(57)32(20-35(53)54)47-40(56)31(19-23(3)4)45-34(52)11-7-8-25-12-13-28-15-14-26-9-6-10-27-16-17-29(25)37(28)36(26)27/h6,9-10,12-17,22-24,30-33,38,50-51H,7-8,11,18-21H2,1-5H3,(H2,44,55)(H,45,52)(H,46,58)(H,47,56)(H,48,59)(H,49,57)(H,53,54)/t24-,30+,31+,32+,33+,38+/m1/s1. The zero-order chi connectivity index (χ0) is 43.6. The molecule has 4 aromatic rings. The van der Waals surface area contributed by atoms with Crippen LogP contribution in [0.1, 0.15) is 72.3 Å². The molecular weight excluding hydrogens is 761 g/mol. The smallest absolute Gasteiger partial charge is 0.305 e. The number of aryl methyl sites for hydroxylation is 1. The molecule has 4 rings (SSSR count). The van der Waals surface area contributed by atoms with Gasteiger partial charge in [0.05, 0.1) is 19.1 Å². The lowest BCUT2D eigenvalue weighted by Crippen LogP contribution is -2.62. The summed E-state index contributed by atoms with van der Waals surface area (Å²) in [4.78, 5) is 90.0. The predicted molar refractivity (Wildman–Crippen MR) is 222 cm³/mol. The number of amides is 6. The number of nitrogens with one attached hydrogen (secondary N) is 5. The number of benzene rings is 4. The molecule has 6 amide bonds. The highest BCUT2D eigenvalue weighted by molar-refractivity contribution is 6.23. The number of carbonyl (C=O) groups excluding carboxylic acids is 6. The summed E-state index contributed by atoms with van der Waals surface area (Å²) in [5.74, 6) is -6.92. The Morgan fingerprint density at radius 1 is 0.627 bits per heavy atom. The zero-order valence-corrected chi connectivity index (χ0v) is 34.0. The van der Waals surface area contributed by atoms with Crippen molar-refractivity contribution in [3.63, 3.8) is 0 Å². The minimum atomic E-state index is -1.78. The molecule has 0 fully saturated rings. The number of carbonyl (C=O) groups is 7. The first kappa shape index (κ1) is 45.8. The van der Waals surface area contributed by atoms with Crippen LogP contribution in [-0.4, -0.2) is 99.7 Å². The fourth-order valence-corrected chi connectivity index (χ4v) is 7.18. The number of rotatable bonds is 22. The van der Waals surface area contributed by atoms with Gasteiger partial charge in [0.2, 0.25) is 35.4 Å². The number of hydrogen-bond donors (Lipinski definition) is 9. The second kappa shape index (κ2) is 20.7. The van der Waals surface area contributed by atoms with E-state index in [0.717, 1.165) is 34.0 Å². The van der Waals surface area contributed by atoms with E-state index in [2.05, 4.69) is 75.1 Å². The quantitative estimate of drug-likeness (QED) is 0.0519. The monoisotopic (exact) mass is 816 g/mol. The number of aliphatic hydroxyl groups excluding tert-OH is 2. The summed E-state index contributed by atoms with van der Waals surface area (Å²) in [6.45, 7) is 7.46. The average Bonchev–Trinajstić information content (AvgIpc) is 3.16. The molecule has 0 saturated carbocycles. The maximum absolute atomic E-state index is 13.6. The Hall–Kier alpha value is -5.87. The highest BCUT2D eigenvalue weighted by atomic mass is 16.4. The Labute approximate surface area is 342 Å². The SMILES string of the molecule is CC(C)C[C@H](NC(=O)[C@H](CO)NC(=O)[C@@H](NC(=O)[C@H](CC(=O)O)NC(=O)[C@H](CC(C)C)NC(=O)CCCc1ccc2ccc3cccc4ccc1c2c34)[C@@H](C)O)C(N)=O. The molecule has 10 N–H and O–H groups in total. The van der Waals surface area contributed by atoms with Crippen molar-refractivity contribution in [2.24, 2.45) is 17.6 Å². The van der Waals surface area contributed by atoms with Crippen molar-refractivity contribution in [1.29, 1.82) is 0 Å². The summed E-state index contributed by atoms with van der Waals surface area (Å²) in [6.07, 6.45) is -1.03. The number of carboxylic acids is 1. The van der Waals surface area contributed by atoms with E-state index in [0.29, 0.717) is 12.8 Å². The Bertz CT molecular complexity index is 2140. The minimum Gasteiger partial charge on any atom is -0.481 e. The van der Waals surface area contributed by atoms with E-state index in [1.54, 1.807) is 13.8 Å². The normalized spacial score (nSPS) is 14.7. The van der Waals surface area contributed by atoms with Gasteiger partial charge in [-0.05, 0) is 82.3 Å². The van der Waals surface area contributed by atoms with Crippen LogP contribution in [0, 0.1) is 11.8 Å². The van der Waals surface area contributed by atoms with Crippen LogP contribution in [0.3, 0.4) is 0 Å². The van der Waals surface area contributed by atoms with Crippen LogP contribution in [0.5, 0.6) is 0 Å². The lowest BCUT2D eigenvalue weighted by Gasteiger charge is -2.27. The van der Waals surface area contributed by atoms with Gasteiger partial charge in [-0.15, -0.1) is 0 Å². The third-order valence-corrected chi connectivity index (χ3v) is 10.1. The molecule has 0 radical (unpaired) electrons. The van der Waals surface area contributed by atoms with E-state index in [1.165, 1.54) is 10.8 Å². The van der Waals surface area contributed by atoms with Crippen LogP contribution in [0.25, 0.3) is 32.3 Å². The van der Waals surface area contributed by atoms with Crippen molar-refractivity contribution in [1.82, 2.24) is 26.6 Å². The van der Waals surface area contributed by atoms with E-state index in [9.17, 15) is 48.9 Å². The predicted octanol–water partition coefficient (Wildman–Crippen LogP) is 1.76. The van der Waals surface area contributed by atoms with Crippen molar-refractivity contribution in [2.45, 2.75) is 109 Å². The van der Waals surface area contributed by atoms with Crippen LogP contribution in [-0.2, 0) is 40.0 Å². The molecule has 0 unspecified atom stereocenters. The number of primary amides is 1. The summed E-state index contributed by atoms with van der Waals surface area (Å²) in [6, 6.07) is 11.4. The molecular formula is C43H56N6O10. The molecule has 16 nitrogen and oxygen atoms in total. The van der Waals surface area contributed by atoms with Crippen LogP contribution in [0.2, 0.25) is 0 Å². The van der Waals surface area contributed by atoms with Gasteiger partial charge in [0.1, 0.15) is 30.2 Å². The van der Waals surface area contributed by atoms with Crippen molar-refractivity contribution >= 4 is 73.7 Å². The largest absolute Gasteiger partial charge is 0.481 e. The molecule has 59 heavy (non-hydrogen) atoms. The third kappa shape index (κ3) is 12.3. The molecule has 0 aliphatic rings. The number of nitrogens with two attached hydrogens (primary N) is 1. The van der Waals surface area contributed by atoms with Gasteiger partial charge in [0.25, 0.3) is 0 Å². The van der Waals surface area contributed by atoms with E-state index in [-0.39, 0.29) is 31.1 Å². The number of hydrogen-bond acceptors (Lipinski definition) is 9. The Kier molecular flexibility index (Phi) is 16.1. The third-order valence-electron chi connectivity index (χ3n) is 10.1. The molecule has 0 aliphatic heterocycles. The second-order valence-electron chi connectivity index (χ2n) is 15.9. The summed E-state index contributed by atoms with van der Waals surface area (Å²) >= 11 is 0. The fraction of sp³-hybridized carbons (Fsp3) is 0.465. The molecule has 0 aliphatic carbocycles. The summed E-state index contributed by atoms with van der Waals surface area (Å²) in [5, 5.41) is 48.7. The van der Waals surface area contributed by atoms with Crippen molar-refractivity contribution < 1.29 is 48.9 Å².